The van der Waals surface area contributed by atoms with E-state index in [0.29, 0.717) is 15.6 Å². The Bertz CT molecular complexity index is 1180. The van der Waals surface area contributed by atoms with Crippen LogP contribution in [0.5, 0.6) is 0 Å². The summed E-state index contributed by atoms with van der Waals surface area (Å²) in [5, 5.41) is 18.1. The van der Waals surface area contributed by atoms with Crippen LogP contribution in [0.25, 0.3) is 0 Å². The molecule has 0 spiro atoms. The summed E-state index contributed by atoms with van der Waals surface area (Å²) in [5.74, 6) is -1.08. The number of rotatable bonds is 6. The minimum atomic E-state index is -0.556. The smallest absolute Gasteiger partial charge is 0.273 e. The van der Waals surface area contributed by atoms with Gasteiger partial charge >= 0.3 is 0 Å². The number of amides is 2. The Kier molecular flexibility index (Phi) is 6.96. The van der Waals surface area contributed by atoms with Crippen LogP contribution in [0.1, 0.15) is 26.3 Å². The van der Waals surface area contributed by atoms with Crippen molar-refractivity contribution in [3.63, 3.8) is 0 Å². The maximum atomic E-state index is 12.5. The Labute approximate surface area is 186 Å². The van der Waals surface area contributed by atoms with Crippen molar-refractivity contribution >= 4 is 52.6 Å². The van der Waals surface area contributed by atoms with Gasteiger partial charge in [-0.2, -0.15) is 5.10 Å². The molecule has 0 bridgehead atoms. The number of nitro groups is 1. The molecule has 10 heteroatoms. The van der Waals surface area contributed by atoms with Gasteiger partial charge in [0.1, 0.15) is 0 Å². The number of nitro benzene ring substituents is 1. The number of non-ortho nitro benzene ring substituents is 1. The quantitative estimate of drug-likeness (QED) is 0.311. The molecule has 0 radical (unpaired) electrons. The van der Waals surface area contributed by atoms with Crippen molar-refractivity contribution in [1.29, 1.82) is 0 Å². The summed E-state index contributed by atoms with van der Waals surface area (Å²) in [5.41, 5.74) is 3.44. The number of hydrogen-bond donors (Lipinski definition) is 2. The molecule has 3 aromatic carbocycles. The number of benzene rings is 3. The molecule has 0 unspecified atom stereocenters. The van der Waals surface area contributed by atoms with E-state index in [4.69, 9.17) is 23.2 Å². The Balaban J connectivity index is 1.71. The third kappa shape index (κ3) is 5.65. The Morgan fingerprint density at radius 2 is 1.68 bits per heavy atom. The van der Waals surface area contributed by atoms with Gasteiger partial charge in [0, 0.05) is 28.3 Å². The molecular weight excluding hydrogens is 443 g/mol. The molecule has 8 nitrogen and oxygen atoms in total. The highest BCUT2D eigenvalue weighted by atomic mass is 35.5. The van der Waals surface area contributed by atoms with E-state index in [-0.39, 0.29) is 22.5 Å². The van der Waals surface area contributed by atoms with E-state index in [9.17, 15) is 19.7 Å². The van der Waals surface area contributed by atoms with Crippen molar-refractivity contribution in [1.82, 2.24) is 5.43 Å². The SMILES string of the molecule is O=C(Nc1ccccc1C(=O)N/N=C\c1ccc(Cl)cc1Cl)c1ccc([N+](=O)[O-])cc1. The fourth-order valence-corrected chi connectivity index (χ4v) is 3.00. The molecular formula is C21H14Cl2N4O4. The molecule has 156 valence electrons. The highest BCUT2D eigenvalue weighted by Crippen LogP contribution is 2.20. The number of nitrogens with zero attached hydrogens (tertiary/aromatic N) is 2. The largest absolute Gasteiger partial charge is 0.321 e. The zero-order valence-electron chi connectivity index (χ0n) is 15.7. The first-order valence-electron chi connectivity index (χ1n) is 8.78. The van der Waals surface area contributed by atoms with E-state index in [1.165, 1.54) is 36.5 Å². The Morgan fingerprint density at radius 1 is 0.968 bits per heavy atom. The number of carbonyl (C=O) groups is 2. The summed E-state index contributed by atoms with van der Waals surface area (Å²) in [7, 11) is 0. The van der Waals surface area contributed by atoms with Crippen LogP contribution in [0.4, 0.5) is 11.4 Å². The van der Waals surface area contributed by atoms with Crippen molar-refractivity contribution in [2.24, 2.45) is 5.10 Å². The summed E-state index contributed by atoms with van der Waals surface area (Å²) < 4.78 is 0. The molecule has 0 saturated carbocycles. The third-order valence-corrected chi connectivity index (χ3v) is 4.65. The molecule has 2 N–H and O–H groups in total. The monoisotopic (exact) mass is 456 g/mol. The van der Waals surface area contributed by atoms with Crippen LogP contribution in [0, 0.1) is 10.1 Å². The molecule has 0 heterocycles. The van der Waals surface area contributed by atoms with Crippen molar-refractivity contribution in [2.75, 3.05) is 5.32 Å². The van der Waals surface area contributed by atoms with Crippen LogP contribution in [0.2, 0.25) is 10.0 Å². The average molecular weight is 457 g/mol. The van der Waals surface area contributed by atoms with Crippen molar-refractivity contribution in [3.05, 3.63) is 104 Å². The standard InChI is InChI=1S/C21H14Cl2N4O4/c22-15-8-5-14(18(23)11-15)12-24-26-21(29)17-3-1-2-4-19(17)25-20(28)13-6-9-16(10-7-13)27(30)31/h1-12H,(H,25,28)(H,26,29)/b24-12-. The second kappa shape index (κ2) is 9.84. The van der Waals surface area contributed by atoms with Gasteiger partial charge in [-0.15, -0.1) is 0 Å². The van der Waals surface area contributed by atoms with E-state index >= 15 is 0 Å². The fraction of sp³-hybridized carbons (Fsp3) is 0. The molecule has 0 fully saturated rings. The van der Waals surface area contributed by atoms with Crippen molar-refractivity contribution in [3.8, 4) is 0 Å². The second-order valence-corrected chi connectivity index (χ2v) is 7.01. The lowest BCUT2D eigenvalue weighted by molar-refractivity contribution is -0.384. The summed E-state index contributed by atoms with van der Waals surface area (Å²) in [6.45, 7) is 0. The highest BCUT2D eigenvalue weighted by molar-refractivity contribution is 6.36. The van der Waals surface area contributed by atoms with Crippen LogP contribution >= 0.6 is 23.2 Å². The van der Waals surface area contributed by atoms with Gasteiger partial charge in [-0.05, 0) is 36.4 Å². The molecule has 0 aliphatic carbocycles. The maximum absolute atomic E-state index is 12.5. The van der Waals surface area contributed by atoms with E-state index in [0.717, 1.165) is 0 Å². The highest BCUT2D eigenvalue weighted by Gasteiger charge is 2.15. The molecule has 2 amide bonds. The lowest BCUT2D eigenvalue weighted by atomic mass is 10.1. The summed E-state index contributed by atoms with van der Waals surface area (Å²) in [6, 6.07) is 16.3. The summed E-state index contributed by atoms with van der Waals surface area (Å²) >= 11 is 11.9. The molecule has 0 aliphatic rings. The lowest BCUT2D eigenvalue weighted by Gasteiger charge is -2.10. The van der Waals surface area contributed by atoms with Gasteiger partial charge in [0.15, 0.2) is 0 Å². The number of hydrazone groups is 1. The number of halogens is 2. The number of para-hydroxylation sites is 1. The zero-order valence-corrected chi connectivity index (χ0v) is 17.2. The molecule has 3 aromatic rings. The Hall–Kier alpha value is -3.75. The van der Waals surface area contributed by atoms with Crippen LogP contribution in [-0.2, 0) is 0 Å². The van der Waals surface area contributed by atoms with E-state index < -0.39 is 16.7 Å². The van der Waals surface area contributed by atoms with Gasteiger partial charge in [-0.3, -0.25) is 19.7 Å². The zero-order chi connectivity index (χ0) is 22.4. The minimum Gasteiger partial charge on any atom is -0.321 e. The lowest BCUT2D eigenvalue weighted by Crippen LogP contribution is -2.21. The fourth-order valence-electron chi connectivity index (χ4n) is 2.55. The normalized spacial score (nSPS) is 10.6. The van der Waals surface area contributed by atoms with E-state index in [1.807, 2.05) is 0 Å². The van der Waals surface area contributed by atoms with Crippen LogP contribution in [0.15, 0.2) is 71.8 Å². The van der Waals surface area contributed by atoms with E-state index in [2.05, 4.69) is 15.8 Å². The number of carbonyl (C=O) groups excluding carboxylic acids is 2. The van der Waals surface area contributed by atoms with Gasteiger partial charge < -0.3 is 5.32 Å². The second-order valence-electron chi connectivity index (χ2n) is 6.17. The molecule has 3 rings (SSSR count). The van der Waals surface area contributed by atoms with Gasteiger partial charge in [-0.1, -0.05) is 41.4 Å². The summed E-state index contributed by atoms with van der Waals surface area (Å²) in [4.78, 5) is 35.2. The maximum Gasteiger partial charge on any atom is 0.273 e. The van der Waals surface area contributed by atoms with Crippen LogP contribution in [0.3, 0.4) is 0 Å². The first kappa shape index (κ1) is 21.9. The third-order valence-electron chi connectivity index (χ3n) is 4.09. The van der Waals surface area contributed by atoms with Gasteiger partial charge in [0.25, 0.3) is 17.5 Å². The molecule has 0 aromatic heterocycles. The van der Waals surface area contributed by atoms with Crippen LogP contribution in [-0.4, -0.2) is 23.0 Å². The topological polar surface area (TPSA) is 114 Å². The molecule has 0 atom stereocenters. The number of nitrogens with one attached hydrogen (secondary N) is 2. The molecule has 31 heavy (non-hydrogen) atoms. The van der Waals surface area contributed by atoms with Gasteiger partial charge in [0.2, 0.25) is 0 Å². The van der Waals surface area contributed by atoms with Crippen molar-refractivity contribution < 1.29 is 14.5 Å². The minimum absolute atomic E-state index is 0.130. The Morgan fingerprint density at radius 3 is 2.35 bits per heavy atom. The predicted molar refractivity (Wildman–Crippen MR) is 119 cm³/mol. The summed E-state index contributed by atoms with van der Waals surface area (Å²) in [6.07, 6.45) is 1.37. The molecule has 0 saturated heterocycles. The number of hydrogen-bond acceptors (Lipinski definition) is 5. The first-order valence-corrected chi connectivity index (χ1v) is 9.54. The van der Waals surface area contributed by atoms with Gasteiger partial charge in [0.05, 0.1) is 27.4 Å². The van der Waals surface area contributed by atoms with Crippen molar-refractivity contribution in [2.45, 2.75) is 0 Å². The number of anilines is 1. The van der Waals surface area contributed by atoms with E-state index in [1.54, 1.807) is 36.4 Å². The molecule has 0 aliphatic heterocycles. The average Bonchev–Trinajstić information content (AvgIpc) is 2.75. The van der Waals surface area contributed by atoms with Gasteiger partial charge in [-0.25, -0.2) is 5.43 Å². The first-order chi connectivity index (χ1) is 14.8. The predicted octanol–water partition coefficient (Wildman–Crippen LogP) is 4.92. The van der Waals surface area contributed by atoms with Crippen LogP contribution < -0.4 is 10.7 Å².